The fourth-order valence-electron chi connectivity index (χ4n) is 1.68. The first-order valence-corrected chi connectivity index (χ1v) is 6.32. The summed E-state index contributed by atoms with van der Waals surface area (Å²) >= 11 is 0. The van der Waals surface area contributed by atoms with Crippen molar-refractivity contribution in [2.75, 3.05) is 13.2 Å². The Balaban J connectivity index is 2.88. The number of carbonyl (C=O) groups is 1. The van der Waals surface area contributed by atoms with Crippen molar-refractivity contribution in [1.82, 2.24) is 5.32 Å². The SMILES string of the molecule is CC(C)(CCO)CNC(=O)c1cc(C(F)(F)F)ccc1F. The van der Waals surface area contributed by atoms with Crippen molar-refractivity contribution in [3.05, 3.63) is 35.1 Å². The summed E-state index contributed by atoms with van der Waals surface area (Å²) in [6, 6.07) is 1.70. The summed E-state index contributed by atoms with van der Waals surface area (Å²) in [5, 5.41) is 11.2. The predicted molar refractivity (Wildman–Crippen MR) is 69.2 cm³/mol. The van der Waals surface area contributed by atoms with Gasteiger partial charge in [-0.1, -0.05) is 13.8 Å². The van der Waals surface area contributed by atoms with Gasteiger partial charge in [-0.2, -0.15) is 13.2 Å². The van der Waals surface area contributed by atoms with Crippen molar-refractivity contribution in [2.24, 2.45) is 5.41 Å². The normalized spacial score (nSPS) is 12.3. The number of nitrogens with one attached hydrogen (secondary N) is 1. The van der Waals surface area contributed by atoms with E-state index in [4.69, 9.17) is 5.11 Å². The van der Waals surface area contributed by atoms with E-state index < -0.39 is 34.4 Å². The van der Waals surface area contributed by atoms with Gasteiger partial charge in [0.1, 0.15) is 5.82 Å². The molecule has 21 heavy (non-hydrogen) atoms. The van der Waals surface area contributed by atoms with Crippen LogP contribution in [-0.4, -0.2) is 24.2 Å². The molecule has 0 aliphatic rings. The average molecular weight is 307 g/mol. The average Bonchev–Trinajstić information content (AvgIpc) is 2.35. The molecule has 0 unspecified atom stereocenters. The lowest BCUT2D eigenvalue weighted by Crippen LogP contribution is -2.35. The first kappa shape index (κ1) is 17.4. The molecule has 0 bridgehead atoms. The molecule has 7 heteroatoms. The van der Waals surface area contributed by atoms with Crippen molar-refractivity contribution < 1.29 is 27.5 Å². The fraction of sp³-hybridized carbons (Fsp3) is 0.500. The minimum Gasteiger partial charge on any atom is -0.396 e. The highest BCUT2D eigenvalue weighted by atomic mass is 19.4. The standard InChI is InChI=1S/C14H17F4NO2/c1-13(2,5-6-20)8-19-12(21)10-7-9(14(16,17)18)3-4-11(10)15/h3-4,7,20H,5-6,8H2,1-2H3,(H,19,21). The Morgan fingerprint density at radius 1 is 1.29 bits per heavy atom. The van der Waals surface area contributed by atoms with Gasteiger partial charge >= 0.3 is 6.18 Å². The highest BCUT2D eigenvalue weighted by Crippen LogP contribution is 2.30. The highest BCUT2D eigenvalue weighted by molar-refractivity contribution is 5.94. The second kappa shape index (κ2) is 6.43. The first-order chi connectivity index (χ1) is 9.57. The van der Waals surface area contributed by atoms with E-state index in [0.717, 1.165) is 0 Å². The summed E-state index contributed by atoms with van der Waals surface area (Å²) in [7, 11) is 0. The summed E-state index contributed by atoms with van der Waals surface area (Å²) in [6.45, 7) is 3.57. The molecule has 0 aliphatic carbocycles. The van der Waals surface area contributed by atoms with Crippen molar-refractivity contribution in [1.29, 1.82) is 0 Å². The molecule has 0 atom stereocenters. The van der Waals surface area contributed by atoms with Crippen LogP contribution in [0.25, 0.3) is 0 Å². The van der Waals surface area contributed by atoms with Crippen LogP contribution in [0.3, 0.4) is 0 Å². The number of benzene rings is 1. The molecule has 0 spiro atoms. The molecule has 1 rings (SSSR count). The van der Waals surface area contributed by atoms with E-state index in [1.165, 1.54) is 0 Å². The molecular formula is C14H17F4NO2. The van der Waals surface area contributed by atoms with Crippen LogP contribution < -0.4 is 5.32 Å². The molecular weight excluding hydrogens is 290 g/mol. The van der Waals surface area contributed by atoms with Crippen LogP contribution in [0.4, 0.5) is 17.6 Å². The van der Waals surface area contributed by atoms with Crippen molar-refractivity contribution >= 4 is 5.91 Å². The van der Waals surface area contributed by atoms with Crippen LogP contribution in [0, 0.1) is 11.2 Å². The summed E-state index contributed by atoms with van der Waals surface area (Å²) in [5.41, 5.74) is -2.17. The number of amides is 1. The van der Waals surface area contributed by atoms with E-state index in [1.807, 2.05) is 0 Å². The van der Waals surface area contributed by atoms with Gasteiger partial charge in [0.25, 0.3) is 5.91 Å². The van der Waals surface area contributed by atoms with Crippen molar-refractivity contribution in [2.45, 2.75) is 26.4 Å². The number of halogens is 4. The fourth-order valence-corrected chi connectivity index (χ4v) is 1.68. The Morgan fingerprint density at radius 3 is 2.43 bits per heavy atom. The number of aliphatic hydroxyl groups is 1. The Labute approximate surface area is 120 Å². The lowest BCUT2D eigenvalue weighted by atomic mass is 9.89. The van der Waals surface area contributed by atoms with Crippen LogP contribution in [0.1, 0.15) is 36.2 Å². The number of alkyl halides is 3. The van der Waals surface area contributed by atoms with E-state index >= 15 is 0 Å². The Morgan fingerprint density at radius 2 is 1.90 bits per heavy atom. The molecule has 0 aromatic heterocycles. The Bertz CT molecular complexity index is 512. The highest BCUT2D eigenvalue weighted by Gasteiger charge is 2.32. The zero-order chi connectivity index (χ0) is 16.3. The van der Waals surface area contributed by atoms with Gasteiger partial charge in [0.15, 0.2) is 0 Å². The third kappa shape index (κ3) is 5.00. The quantitative estimate of drug-likeness (QED) is 0.822. The van der Waals surface area contributed by atoms with Gasteiger partial charge in [-0.25, -0.2) is 4.39 Å². The van der Waals surface area contributed by atoms with E-state index in [9.17, 15) is 22.4 Å². The van der Waals surface area contributed by atoms with Crippen LogP contribution in [-0.2, 0) is 6.18 Å². The maximum absolute atomic E-state index is 13.5. The molecule has 1 aromatic carbocycles. The minimum atomic E-state index is -4.64. The van der Waals surface area contributed by atoms with Crippen molar-refractivity contribution in [3.8, 4) is 0 Å². The first-order valence-electron chi connectivity index (χ1n) is 6.32. The van der Waals surface area contributed by atoms with Crippen LogP contribution in [0.15, 0.2) is 18.2 Å². The Hall–Kier alpha value is -1.63. The molecule has 2 N–H and O–H groups in total. The smallest absolute Gasteiger partial charge is 0.396 e. The summed E-state index contributed by atoms with van der Waals surface area (Å²) < 4.78 is 51.2. The van der Waals surface area contributed by atoms with Gasteiger partial charge < -0.3 is 10.4 Å². The maximum Gasteiger partial charge on any atom is 0.416 e. The van der Waals surface area contributed by atoms with Gasteiger partial charge in [-0.3, -0.25) is 4.79 Å². The summed E-state index contributed by atoms with van der Waals surface area (Å²) in [4.78, 5) is 11.8. The second-order valence-corrected chi connectivity index (χ2v) is 5.51. The number of hydrogen-bond acceptors (Lipinski definition) is 2. The third-order valence-corrected chi connectivity index (χ3v) is 3.05. The largest absolute Gasteiger partial charge is 0.416 e. The van der Waals surface area contributed by atoms with Gasteiger partial charge in [0, 0.05) is 13.2 Å². The zero-order valence-electron chi connectivity index (χ0n) is 11.7. The van der Waals surface area contributed by atoms with E-state index in [-0.39, 0.29) is 13.2 Å². The number of carbonyl (C=O) groups excluding carboxylic acids is 1. The summed E-state index contributed by atoms with van der Waals surface area (Å²) in [5.74, 6) is -1.93. The minimum absolute atomic E-state index is 0.0825. The molecule has 1 amide bonds. The Kier molecular flexibility index (Phi) is 5.33. The molecule has 3 nitrogen and oxygen atoms in total. The van der Waals surface area contributed by atoms with Gasteiger partial charge in [0.05, 0.1) is 11.1 Å². The lowest BCUT2D eigenvalue weighted by molar-refractivity contribution is -0.137. The molecule has 0 saturated carbocycles. The molecule has 0 aliphatic heterocycles. The number of hydrogen-bond donors (Lipinski definition) is 2. The van der Waals surface area contributed by atoms with Crippen LogP contribution >= 0.6 is 0 Å². The predicted octanol–water partition coefficient (Wildman–Crippen LogP) is 2.98. The van der Waals surface area contributed by atoms with Gasteiger partial charge in [-0.15, -0.1) is 0 Å². The van der Waals surface area contributed by atoms with E-state index in [0.29, 0.717) is 24.6 Å². The summed E-state index contributed by atoms with van der Waals surface area (Å²) in [6.07, 6.45) is -4.24. The van der Waals surface area contributed by atoms with E-state index in [2.05, 4.69) is 5.32 Å². The topological polar surface area (TPSA) is 49.3 Å². The molecule has 0 radical (unpaired) electrons. The van der Waals surface area contributed by atoms with Crippen LogP contribution in [0.5, 0.6) is 0 Å². The monoisotopic (exact) mass is 307 g/mol. The van der Waals surface area contributed by atoms with Gasteiger partial charge in [0.2, 0.25) is 0 Å². The van der Waals surface area contributed by atoms with Crippen LogP contribution in [0.2, 0.25) is 0 Å². The lowest BCUT2D eigenvalue weighted by Gasteiger charge is -2.24. The van der Waals surface area contributed by atoms with Gasteiger partial charge in [-0.05, 0) is 30.0 Å². The molecule has 1 aromatic rings. The zero-order valence-corrected chi connectivity index (χ0v) is 11.7. The van der Waals surface area contributed by atoms with Crippen molar-refractivity contribution in [3.63, 3.8) is 0 Å². The maximum atomic E-state index is 13.5. The molecule has 118 valence electrons. The number of rotatable bonds is 5. The van der Waals surface area contributed by atoms with E-state index in [1.54, 1.807) is 13.8 Å². The third-order valence-electron chi connectivity index (χ3n) is 3.05. The number of aliphatic hydroxyl groups excluding tert-OH is 1. The molecule has 0 saturated heterocycles. The second-order valence-electron chi connectivity index (χ2n) is 5.51. The molecule has 0 heterocycles. The molecule has 0 fully saturated rings.